The lowest BCUT2D eigenvalue weighted by Crippen LogP contribution is -2.41. The van der Waals surface area contributed by atoms with Gasteiger partial charge >= 0.3 is 0 Å². The van der Waals surface area contributed by atoms with Crippen LogP contribution >= 0.6 is 11.6 Å². The van der Waals surface area contributed by atoms with Crippen molar-refractivity contribution in [1.29, 1.82) is 0 Å². The van der Waals surface area contributed by atoms with Gasteiger partial charge in [0.2, 0.25) is 15.9 Å². The molecule has 1 aliphatic rings. The summed E-state index contributed by atoms with van der Waals surface area (Å²) in [5.74, 6) is -0.145. The largest absolute Gasteiger partial charge is 0.325 e. The van der Waals surface area contributed by atoms with Crippen molar-refractivity contribution in [1.82, 2.24) is 9.21 Å². The van der Waals surface area contributed by atoms with Crippen LogP contribution in [0.25, 0.3) is 0 Å². The van der Waals surface area contributed by atoms with E-state index in [4.69, 9.17) is 11.6 Å². The first kappa shape index (κ1) is 21.2. The summed E-state index contributed by atoms with van der Waals surface area (Å²) < 4.78 is 25.8. The number of carbonyl (C=O) groups is 1. The van der Waals surface area contributed by atoms with Gasteiger partial charge in [0.15, 0.2) is 0 Å². The van der Waals surface area contributed by atoms with Crippen LogP contribution in [0.2, 0.25) is 5.02 Å². The van der Waals surface area contributed by atoms with Crippen molar-refractivity contribution in [3.8, 4) is 0 Å². The molecule has 26 heavy (non-hydrogen) atoms. The van der Waals surface area contributed by atoms with E-state index in [-0.39, 0.29) is 15.8 Å². The SMILES string of the molecule is CCN(CC(=O)Nc1ccc(Cl)c(S(=O)(=O)N(C)C)c1)C1CCCCC1. The van der Waals surface area contributed by atoms with Crippen LogP contribution in [-0.4, -0.2) is 56.8 Å². The normalized spacial score (nSPS) is 16.2. The molecule has 1 aliphatic carbocycles. The number of carbonyl (C=O) groups excluding carboxylic acids is 1. The van der Waals surface area contributed by atoms with Gasteiger partial charge in [-0.2, -0.15) is 0 Å². The fourth-order valence-corrected chi connectivity index (χ4v) is 4.70. The van der Waals surface area contributed by atoms with E-state index in [1.807, 2.05) is 0 Å². The summed E-state index contributed by atoms with van der Waals surface area (Å²) in [5.41, 5.74) is 0.430. The molecule has 0 heterocycles. The average Bonchev–Trinajstić information content (AvgIpc) is 2.61. The summed E-state index contributed by atoms with van der Waals surface area (Å²) in [6.07, 6.45) is 5.96. The lowest BCUT2D eigenvalue weighted by molar-refractivity contribution is -0.118. The smallest absolute Gasteiger partial charge is 0.244 e. The average molecular weight is 402 g/mol. The monoisotopic (exact) mass is 401 g/mol. The van der Waals surface area contributed by atoms with Gasteiger partial charge in [-0.05, 0) is 37.6 Å². The van der Waals surface area contributed by atoms with Gasteiger partial charge in [-0.1, -0.05) is 37.8 Å². The first-order valence-corrected chi connectivity index (χ1v) is 10.8. The van der Waals surface area contributed by atoms with E-state index in [1.54, 1.807) is 6.07 Å². The zero-order valence-electron chi connectivity index (χ0n) is 15.7. The predicted molar refractivity (Wildman–Crippen MR) is 105 cm³/mol. The number of amides is 1. The third-order valence-corrected chi connectivity index (χ3v) is 7.11. The van der Waals surface area contributed by atoms with Crippen LogP contribution in [-0.2, 0) is 14.8 Å². The topological polar surface area (TPSA) is 69.7 Å². The lowest BCUT2D eigenvalue weighted by atomic mass is 9.94. The van der Waals surface area contributed by atoms with Gasteiger partial charge in [-0.3, -0.25) is 9.69 Å². The van der Waals surface area contributed by atoms with Crippen molar-refractivity contribution in [2.75, 3.05) is 32.5 Å². The molecule has 1 aromatic carbocycles. The molecule has 6 nitrogen and oxygen atoms in total. The molecule has 0 aliphatic heterocycles. The Kier molecular flexibility index (Phi) is 7.46. The summed E-state index contributed by atoms with van der Waals surface area (Å²) in [6, 6.07) is 4.97. The minimum atomic E-state index is -3.67. The van der Waals surface area contributed by atoms with Gasteiger partial charge < -0.3 is 5.32 Å². The second-order valence-electron chi connectivity index (χ2n) is 6.84. The van der Waals surface area contributed by atoms with E-state index in [0.717, 1.165) is 23.7 Å². The van der Waals surface area contributed by atoms with E-state index in [2.05, 4.69) is 17.1 Å². The zero-order chi connectivity index (χ0) is 19.3. The molecular weight excluding hydrogens is 374 g/mol. The summed E-state index contributed by atoms with van der Waals surface area (Å²) in [4.78, 5) is 14.6. The van der Waals surface area contributed by atoms with Crippen LogP contribution in [0.5, 0.6) is 0 Å². The summed E-state index contributed by atoms with van der Waals surface area (Å²) in [6.45, 7) is 3.18. The van der Waals surface area contributed by atoms with E-state index in [1.165, 1.54) is 45.5 Å². The van der Waals surface area contributed by atoms with E-state index >= 15 is 0 Å². The number of hydrogen-bond acceptors (Lipinski definition) is 4. The molecule has 2 rings (SSSR count). The fraction of sp³-hybridized carbons (Fsp3) is 0.611. The Morgan fingerprint density at radius 3 is 2.46 bits per heavy atom. The molecule has 0 spiro atoms. The number of benzene rings is 1. The summed E-state index contributed by atoms with van der Waals surface area (Å²) in [7, 11) is -0.782. The van der Waals surface area contributed by atoms with Crippen molar-refractivity contribution in [2.45, 2.75) is 50.0 Å². The molecule has 1 aromatic rings. The lowest BCUT2D eigenvalue weighted by Gasteiger charge is -2.32. The number of likely N-dealkylation sites (N-methyl/N-ethyl adjacent to an activating group) is 1. The highest BCUT2D eigenvalue weighted by Crippen LogP contribution is 2.27. The molecule has 0 unspecified atom stereocenters. The molecule has 0 radical (unpaired) electrons. The van der Waals surface area contributed by atoms with Crippen molar-refractivity contribution >= 4 is 33.2 Å². The fourth-order valence-electron chi connectivity index (χ4n) is 3.31. The molecule has 0 aromatic heterocycles. The third kappa shape index (κ3) is 5.19. The number of anilines is 1. The van der Waals surface area contributed by atoms with Gasteiger partial charge in [-0.25, -0.2) is 12.7 Å². The number of sulfonamides is 1. The van der Waals surface area contributed by atoms with Gasteiger partial charge in [0.05, 0.1) is 11.6 Å². The molecule has 1 N–H and O–H groups in total. The number of nitrogens with one attached hydrogen (secondary N) is 1. The predicted octanol–water partition coefficient (Wildman–Crippen LogP) is 3.18. The van der Waals surface area contributed by atoms with Crippen molar-refractivity contribution in [2.24, 2.45) is 0 Å². The molecule has 0 saturated heterocycles. The molecule has 0 bridgehead atoms. The highest BCUT2D eigenvalue weighted by Gasteiger charge is 2.23. The highest BCUT2D eigenvalue weighted by molar-refractivity contribution is 7.89. The van der Waals surface area contributed by atoms with Gasteiger partial charge in [-0.15, -0.1) is 0 Å². The molecule has 1 saturated carbocycles. The number of hydrogen-bond donors (Lipinski definition) is 1. The Bertz CT molecular complexity index is 731. The molecule has 146 valence electrons. The van der Waals surface area contributed by atoms with Crippen LogP contribution < -0.4 is 5.32 Å². The van der Waals surface area contributed by atoms with E-state index < -0.39 is 10.0 Å². The number of nitrogens with zero attached hydrogens (tertiary/aromatic N) is 2. The van der Waals surface area contributed by atoms with Crippen LogP contribution in [0.3, 0.4) is 0 Å². The summed E-state index contributed by atoms with van der Waals surface area (Å²) >= 11 is 6.04. The Balaban J connectivity index is 2.09. The Labute approximate surface area is 161 Å². The molecule has 1 amide bonds. The minimum absolute atomic E-state index is 0.0124. The van der Waals surface area contributed by atoms with Crippen molar-refractivity contribution in [3.63, 3.8) is 0 Å². The van der Waals surface area contributed by atoms with Gasteiger partial charge in [0.1, 0.15) is 4.90 Å². The Hall–Kier alpha value is -1.15. The molecular formula is C18H28ClN3O3S. The first-order valence-electron chi connectivity index (χ1n) is 9.01. The van der Waals surface area contributed by atoms with Crippen molar-refractivity contribution < 1.29 is 13.2 Å². The number of rotatable bonds is 7. The Morgan fingerprint density at radius 1 is 1.23 bits per heavy atom. The Morgan fingerprint density at radius 2 is 1.88 bits per heavy atom. The molecule has 1 fully saturated rings. The standard InChI is InChI=1S/C18H28ClN3O3S/c1-4-22(15-8-6-5-7-9-15)13-18(23)20-14-10-11-16(19)17(12-14)26(24,25)21(2)3/h10-12,15H,4-9,13H2,1-3H3,(H,20,23). The third-order valence-electron chi connectivity index (χ3n) is 4.82. The first-order chi connectivity index (χ1) is 12.3. The van der Waals surface area contributed by atoms with Gasteiger partial charge in [0.25, 0.3) is 0 Å². The van der Waals surface area contributed by atoms with Gasteiger partial charge in [0, 0.05) is 25.8 Å². The van der Waals surface area contributed by atoms with Crippen molar-refractivity contribution in [3.05, 3.63) is 23.2 Å². The number of halogens is 1. The minimum Gasteiger partial charge on any atom is -0.325 e. The second kappa shape index (κ2) is 9.17. The molecule has 0 atom stereocenters. The highest BCUT2D eigenvalue weighted by atomic mass is 35.5. The van der Waals surface area contributed by atoms with E-state index in [0.29, 0.717) is 18.3 Å². The summed E-state index contributed by atoms with van der Waals surface area (Å²) in [5, 5.41) is 2.94. The quantitative estimate of drug-likeness (QED) is 0.761. The molecule has 8 heteroatoms. The maximum Gasteiger partial charge on any atom is 0.244 e. The van der Waals surface area contributed by atoms with Crippen LogP contribution in [0, 0.1) is 0 Å². The second-order valence-corrected chi connectivity index (χ2v) is 9.36. The zero-order valence-corrected chi connectivity index (χ0v) is 17.2. The van der Waals surface area contributed by atoms with Crippen LogP contribution in [0.4, 0.5) is 5.69 Å². The maximum atomic E-state index is 12.5. The van der Waals surface area contributed by atoms with Crippen LogP contribution in [0.15, 0.2) is 23.1 Å². The maximum absolute atomic E-state index is 12.5. The van der Waals surface area contributed by atoms with E-state index in [9.17, 15) is 13.2 Å². The van der Waals surface area contributed by atoms with Crippen LogP contribution in [0.1, 0.15) is 39.0 Å².